The highest BCUT2D eigenvalue weighted by atomic mass is 16.5. The van der Waals surface area contributed by atoms with Crippen LogP contribution in [0.15, 0.2) is 35.1 Å². The third-order valence-corrected chi connectivity index (χ3v) is 3.56. The number of aromatic nitrogens is 2. The van der Waals surface area contributed by atoms with Gasteiger partial charge >= 0.3 is 0 Å². The number of hydrogen-bond acceptors (Lipinski definition) is 5. The fourth-order valence-electron chi connectivity index (χ4n) is 2.60. The third kappa shape index (κ3) is 2.99. The van der Waals surface area contributed by atoms with Gasteiger partial charge in [-0.25, -0.2) is 0 Å². The molecule has 0 radical (unpaired) electrons. The minimum atomic E-state index is -0.0420. The Bertz CT molecular complexity index is 549. The van der Waals surface area contributed by atoms with E-state index in [1.807, 2.05) is 24.3 Å². The van der Waals surface area contributed by atoms with Crippen molar-refractivity contribution in [3.05, 3.63) is 30.7 Å². The summed E-state index contributed by atoms with van der Waals surface area (Å²) in [6, 6.07) is 8.51. The smallest absolute Gasteiger partial charge is 0.247 e. The molecule has 0 saturated carbocycles. The van der Waals surface area contributed by atoms with Crippen LogP contribution in [-0.2, 0) is 4.74 Å². The van der Waals surface area contributed by atoms with Gasteiger partial charge < -0.3 is 14.5 Å². The van der Waals surface area contributed by atoms with Gasteiger partial charge in [-0.05, 0) is 51.0 Å². The molecule has 1 aliphatic rings. The maximum absolute atomic E-state index is 5.73. The molecule has 106 valence electrons. The lowest BCUT2D eigenvalue weighted by Crippen LogP contribution is -2.40. The first-order chi connectivity index (χ1) is 9.62. The zero-order valence-electron chi connectivity index (χ0n) is 11.8. The number of rotatable bonds is 3. The molecular formula is C15H19N3O2. The second-order valence-electron chi connectivity index (χ2n) is 5.76. The van der Waals surface area contributed by atoms with Gasteiger partial charge in [0, 0.05) is 23.9 Å². The Morgan fingerprint density at radius 3 is 2.70 bits per heavy atom. The molecule has 0 aliphatic carbocycles. The van der Waals surface area contributed by atoms with Gasteiger partial charge in [0.1, 0.15) is 0 Å². The molecule has 0 bridgehead atoms. The quantitative estimate of drug-likeness (QED) is 0.931. The Morgan fingerprint density at radius 2 is 2.05 bits per heavy atom. The maximum atomic E-state index is 5.73. The molecule has 1 aromatic heterocycles. The van der Waals surface area contributed by atoms with Gasteiger partial charge in [-0.1, -0.05) is 0 Å². The summed E-state index contributed by atoms with van der Waals surface area (Å²) in [5.74, 6) is 0.545. The van der Waals surface area contributed by atoms with E-state index in [1.165, 1.54) is 6.39 Å². The largest absolute Gasteiger partial charge is 0.423 e. The highest BCUT2D eigenvalue weighted by Gasteiger charge is 2.28. The molecule has 1 atom stereocenters. The second kappa shape index (κ2) is 5.25. The first kappa shape index (κ1) is 13.1. The molecule has 3 rings (SSSR count). The van der Waals surface area contributed by atoms with Crippen LogP contribution >= 0.6 is 0 Å². The van der Waals surface area contributed by atoms with Crippen molar-refractivity contribution in [1.29, 1.82) is 0 Å². The number of benzene rings is 1. The number of anilines is 1. The molecule has 5 nitrogen and oxygen atoms in total. The fraction of sp³-hybridized carbons (Fsp3) is 0.467. The summed E-state index contributed by atoms with van der Waals surface area (Å²) >= 11 is 0. The zero-order chi connectivity index (χ0) is 14.0. The monoisotopic (exact) mass is 273 g/mol. The van der Waals surface area contributed by atoms with Gasteiger partial charge in [0.05, 0.1) is 5.60 Å². The highest BCUT2D eigenvalue weighted by Crippen LogP contribution is 2.27. The van der Waals surface area contributed by atoms with Gasteiger partial charge in [-0.15, -0.1) is 10.2 Å². The second-order valence-corrected chi connectivity index (χ2v) is 5.76. The summed E-state index contributed by atoms with van der Waals surface area (Å²) < 4.78 is 10.9. The Kier molecular flexibility index (Phi) is 3.44. The number of hydrogen-bond donors (Lipinski definition) is 1. The van der Waals surface area contributed by atoms with Crippen LogP contribution in [0.2, 0.25) is 0 Å². The van der Waals surface area contributed by atoms with Crippen LogP contribution in [0.1, 0.15) is 26.7 Å². The first-order valence-electron chi connectivity index (χ1n) is 6.89. The molecule has 2 aromatic rings. The van der Waals surface area contributed by atoms with Crippen LogP contribution in [-0.4, -0.2) is 28.4 Å². The summed E-state index contributed by atoms with van der Waals surface area (Å²) in [6.45, 7) is 5.09. The van der Waals surface area contributed by atoms with Crippen molar-refractivity contribution in [2.75, 3.05) is 11.9 Å². The van der Waals surface area contributed by atoms with E-state index >= 15 is 0 Å². The average molecular weight is 273 g/mol. The normalized spacial score (nSPS) is 21.6. The maximum Gasteiger partial charge on any atom is 0.247 e. The SMILES string of the molecule is CC1(C)CC(Nc2ccc(-c3nnco3)cc2)CCO1. The molecule has 1 N–H and O–H groups in total. The van der Waals surface area contributed by atoms with Gasteiger partial charge in [-0.2, -0.15) is 0 Å². The number of nitrogens with one attached hydrogen (secondary N) is 1. The number of nitrogens with zero attached hydrogens (tertiary/aromatic N) is 2. The Hall–Kier alpha value is -1.88. The summed E-state index contributed by atoms with van der Waals surface area (Å²) in [4.78, 5) is 0. The van der Waals surface area contributed by atoms with E-state index < -0.39 is 0 Å². The van der Waals surface area contributed by atoms with Crippen LogP contribution in [0, 0.1) is 0 Å². The third-order valence-electron chi connectivity index (χ3n) is 3.56. The van der Waals surface area contributed by atoms with Crippen molar-refractivity contribution in [3.8, 4) is 11.5 Å². The van der Waals surface area contributed by atoms with Crippen molar-refractivity contribution in [3.63, 3.8) is 0 Å². The molecule has 0 spiro atoms. The van der Waals surface area contributed by atoms with Gasteiger partial charge in [0.25, 0.3) is 0 Å². The van der Waals surface area contributed by atoms with E-state index in [4.69, 9.17) is 9.15 Å². The molecule has 1 fully saturated rings. The van der Waals surface area contributed by atoms with Crippen LogP contribution in [0.25, 0.3) is 11.5 Å². The predicted molar refractivity (Wildman–Crippen MR) is 76.4 cm³/mol. The van der Waals surface area contributed by atoms with Crippen molar-refractivity contribution in [2.24, 2.45) is 0 Å². The minimum absolute atomic E-state index is 0.0420. The predicted octanol–water partition coefficient (Wildman–Crippen LogP) is 3.11. The Labute approximate surface area is 118 Å². The minimum Gasteiger partial charge on any atom is -0.423 e. The van der Waals surface area contributed by atoms with E-state index in [0.717, 1.165) is 30.7 Å². The molecule has 0 amide bonds. The van der Waals surface area contributed by atoms with Gasteiger partial charge in [0.2, 0.25) is 12.3 Å². The van der Waals surface area contributed by atoms with E-state index in [9.17, 15) is 0 Å². The Morgan fingerprint density at radius 1 is 1.25 bits per heavy atom. The molecule has 1 aliphatic heterocycles. The molecule has 1 saturated heterocycles. The van der Waals surface area contributed by atoms with E-state index in [-0.39, 0.29) is 5.60 Å². The Balaban J connectivity index is 1.66. The van der Waals surface area contributed by atoms with Crippen molar-refractivity contribution >= 4 is 5.69 Å². The van der Waals surface area contributed by atoms with Crippen molar-refractivity contribution in [2.45, 2.75) is 38.3 Å². The fourth-order valence-corrected chi connectivity index (χ4v) is 2.60. The van der Waals surface area contributed by atoms with E-state index in [2.05, 4.69) is 29.4 Å². The van der Waals surface area contributed by atoms with Crippen LogP contribution < -0.4 is 5.32 Å². The van der Waals surface area contributed by atoms with Gasteiger partial charge in [0.15, 0.2) is 0 Å². The van der Waals surface area contributed by atoms with Crippen molar-refractivity contribution in [1.82, 2.24) is 10.2 Å². The van der Waals surface area contributed by atoms with Crippen molar-refractivity contribution < 1.29 is 9.15 Å². The molecule has 2 heterocycles. The standard InChI is InChI=1S/C15H19N3O2/c1-15(2)9-13(7-8-20-15)17-12-5-3-11(4-6-12)14-18-16-10-19-14/h3-6,10,13,17H,7-9H2,1-2H3. The average Bonchev–Trinajstić information content (AvgIpc) is 2.92. The number of ether oxygens (including phenoxy) is 1. The van der Waals surface area contributed by atoms with E-state index in [1.54, 1.807) is 0 Å². The molecule has 5 heteroatoms. The van der Waals surface area contributed by atoms with E-state index in [0.29, 0.717) is 11.9 Å². The lowest BCUT2D eigenvalue weighted by atomic mass is 9.94. The first-order valence-corrected chi connectivity index (χ1v) is 6.89. The summed E-state index contributed by atoms with van der Waals surface area (Å²) in [5, 5.41) is 11.1. The lowest BCUT2D eigenvalue weighted by molar-refractivity contribution is -0.0553. The molecular weight excluding hydrogens is 254 g/mol. The topological polar surface area (TPSA) is 60.2 Å². The molecule has 1 unspecified atom stereocenters. The summed E-state index contributed by atoms with van der Waals surface area (Å²) in [7, 11) is 0. The summed E-state index contributed by atoms with van der Waals surface area (Å²) in [5.41, 5.74) is 2.00. The van der Waals surface area contributed by atoms with Crippen LogP contribution in [0.5, 0.6) is 0 Å². The van der Waals surface area contributed by atoms with Crippen LogP contribution in [0.4, 0.5) is 5.69 Å². The summed E-state index contributed by atoms with van der Waals surface area (Å²) in [6.07, 6.45) is 3.39. The van der Waals surface area contributed by atoms with Crippen LogP contribution in [0.3, 0.4) is 0 Å². The zero-order valence-corrected chi connectivity index (χ0v) is 11.8. The lowest BCUT2D eigenvalue weighted by Gasteiger charge is -2.36. The molecule has 1 aromatic carbocycles. The highest BCUT2D eigenvalue weighted by molar-refractivity contribution is 5.58. The van der Waals surface area contributed by atoms with Gasteiger partial charge in [-0.3, -0.25) is 0 Å². The molecule has 20 heavy (non-hydrogen) atoms.